The number of rotatable bonds is 5. The molecule has 1 amide bonds. The minimum Gasteiger partial charge on any atom is -0.342 e. The molecule has 0 saturated carbocycles. The molecular formula is C20H23N3O. The molecule has 1 heterocycles. The van der Waals surface area contributed by atoms with E-state index in [2.05, 4.69) is 36.1 Å². The van der Waals surface area contributed by atoms with Crippen LogP contribution in [0.3, 0.4) is 0 Å². The van der Waals surface area contributed by atoms with Crippen LogP contribution in [0.15, 0.2) is 48.5 Å². The quantitative estimate of drug-likeness (QED) is 0.738. The van der Waals surface area contributed by atoms with Gasteiger partial charge in [-0.1, -0.05) is 45.0 Å². The number of nitrogens with zero attached hydrogens (tertiary/aromatic N) is 1. The molecule has 0 aliphatic carbocycles. The number of aryl methyl sites for hydroxylation is 1. The molecule has 24 heavy (non-hydrogen) atoms. The van der Waals surface area contributed by atoms with Crippen molar-refractivity contribution in [1.29, 1.82) is 0 Å². The van der Waals surface area contributed by atoms with Crippen molar-refractivity contribution in [3.05, 3.63) is 65.5 Å². The molecule has 0 aliphatic heterocycles. The second-order valence-electron chi connectivity index (χ2n) is 6.38. The van der Waals surface area contributed by atoms with E-state index >= 15 is 0 Å². The maximum absolute atomic E-state index is 12.6. The molecule has 124 valence electrons. The van der Waals surface area contributed by atoms with Crippen LogP contribution in [-0.2, 0) is 6.42 Å². The average molecular weight is 321 g/mol. The second-order valence-corrected chi connectivity index (χ2v) is 6.38. The summed E-state index contributed by atoms with van der Waals surface area (Å²) in [5, 5.41) is 3.11. The van der Waals surface area contributed by atoms with E-state index in [1.54, 1.807) is 0 Å². The first-order valence-electron chi connectivity index (χ1n) is 8.43. The highest BCUT2D eigenvalue weighted by molar-refractivity contribution is 5.94. The number of imidazole rings is 1. The highest BCUT2D eigenvalue weighted by Crippen LogP contribution is 2.22. The highest BCUT2D eigenvalue weighted by atomic mass is 16.1. The SMILES string of the molecule is CCc1ccc(C(=O)N[C@H](c2nc3ccccc3[nH]2)C(C)C)cc1. The van der Waals surface area contributed by atoms with Gasteiger partial charge in [0.1, 0.15) is 5.82 Å². The van der Waals surface area contributed by atoms with E-state index in [0.717, 1.165) is 23.3 Å². The monoisotopic (exact) mass is 321 g/mol. The number of amides is 1. The Morgan fingerprint density at radius 1 is 1.12 bits per heavy atom. The van der Waals surface area contributed by atoms with Gasteiger partial charge in [-0.15, -0.1) is 0 Å². The number of carbonyl (C=O) groups excluding carboxylic acids is 1. The van der Waals surface area contributed by atoms with Crippen LogP contribution in [0.2, 0.25) is 0 Å². The number of hydrogen-bond acceptors (Lipinski definition) is 2. The summed E-state index contributed by atoms with van der Waals surface area (Å²) in [7, 11) is 0. The molecule has 3 rings (SSSR count). The molecule has 1 aromatic heterocycles. The molecular weight excluding hydrogens is 298 g/mol. The number of hydrogen-bond donors (Lipinski definition) is 2. The normalized spacial score (nSPS) is 12.5. The van der Waals surface area contributed by atoms with Crippen LogP contribution >= 0.6 is 0 Å². The first-order valence-corrected chi connectivity index (χ1v) is 8.43. The van der Waals surface area contributed by atoms with Crippen molar-refractivity contribution in [3.63, 3.8) is 0 Å². The summed E-state index contributed by atoms with van der Waals surface area (Å²) in [6.07, 6.45) is 0.968. The van der Waals surface area contributed by atoms with E-state index < -0.39 is 0 Å². The number of nitrogens with one attached hydrogen (secondary N) is 2. The van der Waals surface area contributed by atoms with Crippen LogP contribution in [0.25, 0.3) is 11.0 Å². The number of benzene rings is 2. The Kier molecular flexibility index (Phi) is 4.65. The number of carbonyl (C=O) groups is 1. The molecule has 4 nitrogen and oxygen atoms in total. The van der Waals surface area contributed by atoms with E-state index in [4.69, 9.17) is 0 Å². The zero-order valence-corrected chi connectivity index (χ0v) is 14.3. The molecule has 0 spiro atoms. The van der Waals surface area contributed by atoms with Gasteiger partial charge < -0.3 is 10.3 Å². The van der Waals surface area contributed by atoms with Crippen LogP contribution in [0.4, 0.5) is 0 Å². The van der Waals surface area contributed by atoms with Gasteiger partial charge in [0.2, 0.25) is 0 Å². The summed E-state index contributed by atoms with van der Waals surface area (Å²) >= 11 is 0. The highest BCUT2D eigenvalue weighted by Gasteiger charge is 2.22. The Hall–Kier alpha value is -2.62. The van der Waals surface area contributed by atoms with Crippen molar-refractivity contribution in [2.45, 2.75) is 33.2 Å². The fraction of sp³-hybridized carbons (Fsp3) is 0.300. The lowest BCUT2D eigenvalue weighted by Gasteiger charge is -2.20. The number of aromatic nitrogens is 2. The molecule has 3 aromatic rings. The van der Waals surface area contributed by atoms with Crippen molar-refractivity contribution >= 4 is 16.9 Å². The Balaban J connectivity index is 1.84. The maximum Gasteiger partial charge on any atom is 0.251 e. The molecule has 0 bridgehead atoms. The number of para-hydroxylation sites is 2. The lowest BCUT2D eigenvalue weighted by atomic mass is 10.0. The summed E-state index contributed by atoms with van der Waals surface area (Å²) < 4.78 is 0. The van der Waals surface area contributed by atoms with Gasteiger partial charge in [0.15, 0.2) is 0 Å². The molecule has 0 aliphatic rings. The van der Waals surface area contributed by atoms with Crippen LogP contribution < -0.4 is 5.32 Å². The molecule has 4 heteroatoms. The fourth-order valence-corrected chi connectivity index (χ4v) is 2.79. The van der Waals surface area contributed by atoms with Crippen molar-refractivity contribution < 1.29 is 4.79 Å². The number of H-pyrrole nitrogens is 1. The maximum atomic E-state index is 12.6. The molecule has 2 N–H and O–H groups in total. The zero-order valence-electron chi connectivity index (χ0n) is 14.3. The number of aromatic amines is 1. The second kappa shape index (κ2) is 6.87. The Bertz CT molecular complexity index is 800. The van der Waals surface area contributed by atoms with Gasteiger partial charge in [-0.25, -0.2) is 4.98 Å². The summed E-state index contributed by atoms with van der Waals surface area (Å²) in [5.41, 5.74) is 3.80. The van der Waals surface area contributed by atoms with E-state index in [9.17, 15) is 4.79 Å². The van der Waals surface area contributed by atoms with Crippen LogP contribution in [0.1, 0.15) is 48.6 Å². The first kappa shape index (κ1) is 16.2. The van der Waals surface area contributed by atoms with Gasteiger partial charge in [0.05, 0.1) is 17.1 Å². The third-order valence-corrected chi connectivity index (χ3v) is 4.28. The standard InChI is InChI=1S/C20H23N3O/c1-4-14-9-11-15(12-10-14)20(24)23-18(13(2)3)19-21-16-7-5-6-8-17(16)22-19/h5-13,18H,4H2,1-3H3,(H,21,22)(H,23,24)/t18-/m0/s1. The lowest BCUT2D eigenvalue weighted by molar-refractivity contribution is 0.0923. The van der Waals surface area contributed by atoms with Gasteiger partial charge in [-0.2, -0.15) is 0 Å². The number of fused-ring (bicyclic) bond motifs is 1. The van der Waals surface area contributed by atoms with Gasteiger partial charge in [0, 0.05) is 5.56 Å². The zero-order chi connectivity index (χ0) is 17.1. The van der Waals surface area contributed by atoms with E-state index in [1.165, 1.54) is 5.56 Å². The van der Waals surface area contributed by atoms with Crippen molar-refractivity contribution in [2.24, 2.45) is 5.92 Å². The first-order chi connectivity index (χ1) is 11.6. The fourth-order valence-electron chi connectivity index (χ4n) is 2.79. The third kappa shape index (κ3) is 3.32. The van der Waals surface area contributed by atoms with Crippen molar-refractivity contribution in [2.75, 3.05) is 0 Å². The Morgan fingerprint density at radius 2 is 1.83 bits per heavy atom. The summed E-state index contributed by atoms with van der Waals surface area (Å²) in [5.74, 6) is 0.950. The predicted molar refractivity (Wildman–Crippen MR) is 97.0 cm³/mol. The smallest absolute Gasteiger partial charge is 0.251 e. The van der Waals surface area contributed by atoms with E-state index in [1.807, 2.05) is 48.5 Å². The summed E-state index contributed by atoms with van der Waals surface area (Å²) in [4.78, 5) is 20.6. The van der Waals surface area contributed by atoms with E-state index in [-0.39, 0.29) is 17.9 Å². The minimum atomic E-state index is -0.157. The lowest BCUT2D eigenvalue weighted by Crippen LogP contribution is -2.32. The molecule has 0 saturated heterocycles. The minimum absolute atomic E-state index is 0.0724. The predicted octanol–water partition coefficient (Wildman–Crippen LogP) is 4.25. The van der Waals surface area contributed by atoms with Gasteiger partial charge in [0.25, 0.3) is 5.91 Å². The van der Waals surface area contributed by atoms with Crippen molar-refractivity contribution in [1.82, 2.24) is 15.3 Å². The van der Waals surface area contributed by atoms with Gasteiger partial charge in [-0.3, -0.25) is 4.79 Å². The van der Waals surface area contributed by atoms with Crippen LogP contribution in [0, 0.1) is 5.92 Å². The van der Waals surface area contributed by atoms with Crippen LogP contribution in [-0.4, -0.2) is 15.9 Å². The molecule has 0 unspecified atom stereocenters. The van der Waals surface area contributed by atoms with Crippen LogP contribution in [0.5, 0.6) is 0 Å². The van der Waals surface area contributed by atoms with Crippen molar-refractivity contribution in [3.8, 4) is 0 Å². The molecule has 2 aromatic carbocycles. The Morgan fingerprint density at radius 3 is 2.46 bits per heavy atom. The largest absolute Gasteiger partial charge is 0.342 e. The topological polar surface area (TPSA) is 57.8 Å². The third-order valence-electron chi connectivity index (χ3n) is 4.28. The summed E-state index contributed by atoms with van der Waals surface area (Å²) in [6, 6.07) is 15.5. The summed E-state index contributed by atoms with van der Waals surface area (Å²) in [6.45, 7) is 6.27. The molecule has 1 atom stereocenters. The van der Waals surface area contributed by atoms with E-state index in [0.29, 0.717) is 5.56 Å². The average Bonchev–Trinajstić information content (AvgIpc) is 3.02. The Labute approximate surface area is 142 Å². The van der Waals surface area contributed by atoms with Gasteiger partial charge >= 0.3 is 0 Å². The molecule has 0 radical (unpaired) electrons. The molecule has 0 fully saturated rings. The van der Waals surface area contributed by atoms with Gasteiger partial charge in [-0.05, 0) is 42.2 Å².